The number of aromatic hydroxyl groups is 1. The molecule has 0 spiro atoms. The Morgan fingerprint density at radius 3 is 2.71 bits per heavy atom. The molecule has 2 rings (SSSR count). The van der Waals surface area contributed by atoms with E-state index < -0.39 is 5.97 Å². The van der Waals surface area contributed by atoms with Crippen LogP contribution in [0.15, 0.2) is 18.2 Å². The molecule has 0 radical (unpaired) electrons. The predicted molar refractivity (Wildman–Crippen MR) is 78.7 cm³/mol. The molecular formula is C15H20N2O4. The number of carboxylic acids is 1. The van der Waals surface area contributed by atoms with Crippen molar-refractivity contribution in [3.8, 4) is 5.75 Å². The lowest BCUT2D eigenvalue weighted by atomic mass is 10.1. The predicted octanol–water partition coefficient (Wildman–Crippen LogP) is 2.89. The van der Waals surface area contributed by atoms with Gasteiger partial charge in [0.05, 0.1) is 0 Å². The van der Waals surface area contributed by atoms with Gasteiger partial charge in [-0.25, -0.2) is 9.59 Å². The minimum Gasteiger partial charge on any atom is -0.507 e. The van der Waals surface area contributed by atoms with E-state index in [0.29, 0.717) is 12.2 Å². The summed E-state index contributed by atoms with van der Waals surface area (Å²) in [5.41, 5.74) is 0.204. The van der Waals surface area contributed by atoms with E-state index in [2.05, 4.69) is 5.32 Å². The summed E-state index contributed by atoms with van der Waals surface area (Å²) in [6, 6.07) is 3.97. The van der Waals surface area contributed by atoms with E-state index in [4.69, 9.17) is 5.11 Å². The number of carbonyl (C=O) groups excluding carboxylic acids is 1. The third kappa shape index (κ3) is 3.65. The van der Waals surface area contributed by atoms with Gasteiger partial charge in [-0.15, -0.1) is 0 Å². The summed E-state index contributed by atoms with van der Waals surface area (Å²) >= 11 is 0. The molecule has 1 saturated heterocycles. The number of nitrogens with one attached hydrogen (secondary N) is 1. The molecule has 3 N–H and O–H groups in total. The highest BCUT2D eigenvalue weighted by Crippen LogP contribution is 2.23. The Morgan fingerprint density at radius 1 is 1.29 bits per heavy atom. The second-order valence-electron chi connectivity index (χ2n) is 5.36. The van der Waals surface area contributed by atoms with Crippen LogP contribution in [0.2, 0.25) is 0 Å². The second kappa shape index (κ2) is 6.47. The lowest BCUT2D eigenvalue weighted by molar-refractivity contribution is 0.0694. The fourth-order valence-electron chi connectivity index (χ4n) is 2.56. The highest BCUT2D eigenvalue weighted by molar-refractivity contribution is 5.94. The number of anilines is 1. The SMILES string of the molecule is CC1CCCCCN1C(=O)Nc1ccc(C(=O)O)c(O)c1. The molecule has 1 atom stereocenters. The quantitative estimate of drug-likeness (QED) is 0.781. The van der Waals surface area contributed by atoms with E-state index in [-0.39, 0.29) is 23.4 Å². The van der Waals surface area contributed by atoms with Crippen LogP contribution >= 0.6 is 0 Å². The maximum absolute atomic E-state index is 12.3. The van der Waals surface area contributed by atoms with Gasteiger partial charge in [0.25, 0.3) is 0 Å². The standard InChI is InChI=1S/C15H20N2O4/c1-10-5-3-2-4-8-17(10)15(21)16-11-6-7-12(14(19)20)13(18)9-11/h6-7,9-10,18H,2-5,8H2,1H3,(H,16,21)(H,19,20). The third-order valence-electron chi connectivity index (χ3n) is 3.79. The highest BCUT2D eigenvalue weighted by Gasteiger charge is 2.22. The van der Waals surface area contributed by atoms with Crippen molar-refractivity contribution in [2.24, 2.45) is 0 Å². The second-order valence-corrected chi connectivity index (χ2v) is 5.36. The van der Waals surface area contributed by atoms with Gasteiger partial charge in [0.2, 0.25) is 0 Å². The van der Waals surface area contributed by atoms with E-state index in [1.54, 1.807) is 4.90 Å². The first kappa shape index (κ1) is 15.2. The Bertz CT molecular complexity index is 544. The van der Waals surface area contributed by atoms with Gasteiger partial charge >= 0.3 is 12.0 Å². The first-order valence-corrected chi connectivity index (χ1v) is 7.13. The zero-order valence-corrected chi connectivity index (χ0v) is 12.0. The van der Waals surface area contributed by atoms with Crippen LogP contribution in [0.4, 0.5) is 10.5 Å². The van der Waals surface area contributed by atoms with Gasteiger partial charge in [-0.05, 0) is 31.9 Å². The van der Waals surface area contributed by atoms with Crippen molar-refractivity contribution in [2.75, 3.05) is 11.9 Å². The molecule has 0 aromatic heterocycles. The fourth-order valence-corrected chi connectivity index (χ4v) is 2.56. The van der Waals surface area contributed by atoms with Crippen molar-refractivity contribution in [1.29, 1.82) is 0 Å². The summed E-state index contributed by atoms with van der Waals surface area (Å²) in [7, 11) is 0. The number of phenols is 1. The monoisotopic (exact) mass is 292 g/mol. The summed E-state index contributed by atoms with van der Waals surface area (Å²) in [4.78, 5) is 24.9. The molecule has 1 heterocycles. The maximum atomic E-state index is 12.3. The zero-order chi connectivity index (χ0) is 15.4. The first-order valence-electron chi connectivity index (χ1n) is 7.13. The van der Waals surface area contributed by atoms with E-state index in [0.717, 1.165) is 25.7 Å². The van der Waals surface area contributed by atoms with Gasteiger partial charge in [-0.3, -0.25) is 0 Å². The van der Waals surface area contributed by atoms with E-state index in [1.807, 2.05) is 6.92 Å². The minimum atomic E-state index is -1.20. The number of aromatic carboxylic acids is 1. The lowest BCUT2D eigenvalue weighted by Gasteiger charge is -2.27. The van der Waals surface area contributed by atoms with Crippen molar-refractivity contribution in [2.45, 2.75) is 38.6 Å². The minimum absolute atomic E-state index is 0.180. The third-order valence-corrected chi connectivity index (χ3v) is 3.79. The molecule has 1 unspecified atom stereocenters. The number of hydrogen-bond acceptors (Lipinski definition) is 3. The number of nitrogens with zero attached hydrogens (tertiary/aromatic N) is 1. The van der Waals surface area contributed by atoms with Gasteiger partial charge in [0, 0.05) is 24.3 Å². The Balaban J connectivity index is 2.08. The van der Waals surface area contributed by atoms with E-state index in [1.165, 1.54) is 18.2 Å². The van der Waals surface area contributed by atoms with Crippen molar-refractivity contribution >= 4 is 17.7 Å². The van der Waals surface area contributed by atoms with Gasteiger partial charge in [-0.2, -0.15) is 0 Å². The summed E-state index contributed by atoms with van der Waals surface area (Å²) in [6.07, 6.45) is 4.22. The van der Waals surface area contributed by atoms with Crippen LogP contribution in [0.3, 0.4) is 0 Å². The summed E-state index contributed by atoms with van der Waals surface area (Å²) < 4.78 is 0. The highest BCUT2D eigenvalue weighted by atomic mass is 16.4. The van der Waals surface area contributed by atoms with Gasteiger partial charge in [0.15, 0.2) is 0 Å². The molecule has 6 nitrogen and oxygen atoms in total. The number of benzene rings is 1. The first-order chi connectivity index (χ1) is 9.99. The molecule has 0 saturated carbocycles. The number of urea groups is 1. The van der Waals surface area contributed by atoms with Crippen LogP contribution < -0.4 is 5.32 Å². The van der Waals surface area contributed by atoms with Crippen LogP contribution in [0.5, 0.6) is 5.75 Å². The topological polar surface area (TPSA) is 89.9 Å². The van der Waals surface area contributed by atoms with Crippen LogP contribution in [0.1, 0.15) is 43.0 Å². The number of amides is 2. The molecular weight excluding hydrogens is 272 g/mol. The van der Waals surface area contributed by atoms with Crippen molar-refractivity contribution < 1.29 is 19.8 Å². The summed E-state index contributed by atoms with van der Waals surface area (Å²) in [6.45, 7) is 2.74. The Kier molecular flexibility index (Phi) is 4.67. The molecule has 0 aliphatic carbocycles. The normalized spacial score (nSPS) is 18.9. The largest absolute Gasteiger partial charge is 0.507 e. The zero-order valence-electron chi connectivity index (χ0n) is 12.0. The fraction of sp³-hybridized carbons (Fsp3) is 0.467. The Morgan fingerprint density at radius 2 is 2.05 bits per heavy atom. The Labute approximate surface area is 123 Å². The van der Waals surface area contributed by atoms with Crippen LogP contribution in [-0.4, -0.2) is 39.7 Å². The molecule has 1 aromatic carbocycles. The number of rotatable bonds is 2. The van der Waals surface area contributed by atoms with E-state index >= 15 is 0 Å². The van der Waals surface area contributed by atoms with Gasteiger partial charge in [-0.1, -0.05) is 12.8 Å². The molecule has 1 aliphatic rings. The molecule has 0 bridgehead atoms. The molecule has 114 valence electrons. The van der Waals surface area contributed by atoms with Crippen molar-refractivity contribution in [1.82, 2.24) is 4.90 Å². The summed E-state index contributed by atoms with van der Waals surface area (Å²) in [5.74, 6) is -1.56. The molecule has 1 aromatic rings. The van der Waals surface area contributed by atoms with Crippen LogP contribution in [0, 0.1) is 0 Å². The lowest BCUT2D eigenvalue weighted by Crippen LogP contribution is -2.41. The van der Waals surface area contributed by atoms with Crippen molar-refractivity contribution in [3.05, 3.63) is 23.8 Å². The number of hydrogen-bond donors (Lipinski definition) is 3. The van der Waals surface area contributed by atoms with Crippen LogP contribution in [-0.2, 0) is 0 Å². The van der Waals surface area contributed by atoms with Crippen molar-refractivity contribution in [3.63, 3.8) is 0 Å². The maximum Gasteiger partial charge on any atom is 0.339 e. The smallest absolute Gasteiger partial charge is 0.339 e. The summed E-state index contributed by atoms with van der Waals surface area (Å²) in [5, 5.41) is 21.2. The molecule has 1 aliphatic heterocycles. The number of likely N-dealkylation sites (tertiary alicyclic amines) is 1. The molecule has 2 amide bonds. The molecule has 21 heavy (non-hydrogen) atoms. The molecule has 1 fully saturated rings. The average molecular weight is 292 g/mol. The van der Waals surface area contributed by atoms with Gasteiger partial charge in [0.1, 0.15) is 11.3 Å². The van der Waals surface area contributed by atoms with Gasteiger partial charge < -0.3 is 20.4 Å². The Hall–Kier alpha value is -2.24. The van der Waals surface area contributed by atoms with E-state index in [9.17, 15) is 14.7 Å². The van der Waals surface area contributed by atoms with Crippen LogP contribution in [0.25, 0.3) is 0 Å². The molecule has 6 heteroatoms. The number of carbonyl (C=O) groups is 2. The average Bonchev–Trinajstić information content (AvgIpc) is 2.63. The number of carboxylic acid groups (broad SMARTS) is 1.